The Labute approximate surface area is 145 Å². The number of amides is 1. The predicted octanol–water partition coefficient (Wildman–Crippen LogP) is 4.30. The van der Waals surface area contributed by atoms with Gasteiger partial charge in [-0.1, -0.05) is 34.8 Å². The summed E-state index contributed by atoms with van der Waals surface area (Å²) in [6, 6.07) is 6.95. The second-order valence-electron chi connectivity index (χ2n) is 5.72. The van der Waals surface area contributed by atoms with Gasteiger partial charge in [-0.3, -0.25) is 9.59 Å². The van der Waals surface area contributed by atoms with Gasteiger partial charge in [-0.2, -0.15) is 13.2 Å². The summed E-state index contributed by atoms with van der Waals surface area (Å²) in [7, 11) is 0. The predicted molar refractivity (Wildman–Crippen MR) is 85.2 cm³/mol. The van der Waals surface area contributed by atoms with Crippen LogP contribution in [0.15, 0.2) is 28.7 Å². The number of nitrogens with one attached hydrogen (secondary N) is 1. The molecule has 1 N–H and O–H groups in total. The molecule has 0 spiro atoms. The molecule has 0 radical (unpaired) electrons. The second kappa shape index (κ2) is 8.00. The summed E-state index contributed by atoms with van der Waals surface area (Å²) in [5.74, 6) is -2.85. The molecule has 0 saturated heterocycles. The molecule has 2 atom stereocenters. The number of carbonyl (C=O) groups excluding carboxylic acids is 2. The fraction of sp³-hybridized carbons (Fsp3) is 0.500. The van der Waals surface area contributed by atoms with Crippen molar-refractivity contribution in [3.05, 3.63) is 28.7 Å². The maximum absolute atomic E-state index is 12.4. The van der Waals surface area contributed by atoms with Gasteiger partial charge in [-0.15, -0.1) is 0 Å². The SMILES string of the molecule is O=C(Nc1cccc(Br)c1)C1CCCCC1C(=O)OCC(F)(F)F. The Hall–Kier alpha value is -1.57. The van der Waals surface area contributed by atoms with Crippen LogP contribution in [0.3, 0.4) is 0 Å². The molecular formula is C16H17BrF3NO3. The van der Waals surface area contributed by atoms with Crippen LogP contribution in [0.25, 0.3) is 0 Å². The number of hydrogen-bond acceptors (Lipinski definition) is 3. The van der Waals surface area contributed by atoms with Gasteiger partial charge in [0.15, 0.2) is 6.61 Å². The smallest absolute Gasteiger partial charge is 0.422 e. The second-order valence-corrected chi connectivity index (χ2v) is 6.64. The molecule has 132 valence electrons. The summed E-state index contributed by atoms with van der Waals surface area (Å²) in [5.41, 5.74) is 0.558. The summed E-state index contributed by atoms with van der Waals surface area (Å²) in [6.07, 6.45) is -2.33. The van der Waals surface area contributed by atoms with Gasteiger partial charge < -0.3 is 10.1 Å². The lowest BCUT2D eigenvalue weighted by Gasteiger charge is -2.29. The number of rotatable bonds is 4. The van der Waals surface area contributed by atoms with Gasteiger partial charge in [0.1, 0.15) is 0 Å². The van der Waals surface area contributed by atoms with Crippen LogP contribution >= 0.6 is 15.9 Å². The summed E-state index contributed by atoms with van der Waals surface area (Å²) in [4.78, 5) is 24.4. The van der Waals surface area contributed by atoms with E-state index in [-0.39, 0.29) is 5.91 Å². The van der Waals surface area contributed by atoms with E-state index >= 15 is 0 Å². The first-order valence-electron chi connectivity index (χ1n) is 7.56. The van der Waals surface area contributed by atoms with Crippen molar-refractivity contribution in [1.82, 2.24) is 0 Å². The molecule has 1 aromatic rings. The van der Waals surface area contributed by atoms with Crippen LogP contribution in [-0.2, 0) is 14.3 Å². The molecule has 0 aliphatic heterocycles. The zero-order valence-electron chi connectivity index (χ0n) is 12.7. The number of alkyl halides is 3. The van der Waals surface area contributed by atoms with Gasteiger partial charge in [0.05, 0.1) is 11.8 Å². The molecular weight excluding hydrogens is 391 g/mol. The topological polar surface area (TPSA) is 55.4 Å². The van der Waals surface area contributed by atoms with E-state index in [1.807, 2.05) is 0 Å². The number of halogens is 4. The molecule has 24 heavy (non-hydrogen) atoms. The van der Waals surface area contributed by atoms with E-state index in [1.54, 1.807) is 24.3 Å². The third-order valence-corrected chi connectivity index (χ3v) is 4.37. The van der Waals surface area contributed by atoms with Crippen molar-refractivity contribution in [2.24, 2.45) is 11.8 Å². The number of hydrogen-bond donors (Lipinski definition) is 1. The number of ether oxygens (including phenoxy) is 1. The van der Waals surface area contributed by atoms with E-state index in [2.05, 4.69) is 26.0 Å². The van der Waals surface area contributed by atoms with Crippen molar-refractivity contribution in [3.63, 3.8) is 0 Å². The molecule has 4 nitrogen and oxygen atoms in total. The van der Waals surface area contributed by atoms with Gasteiger partial charge >= 0.3 is 12.1 Å². The number of anilines is 1. The van der Waals surface area contributed by atoms with Crippen LogP contribution in [0, 0.1) is 11.8 Å². The Morgan fingerprint density at radius 3 is 2.50 bits per heavy atom. The molecule has 0 heterocycles. The lowest BCUT2D eigenvalue weighted by atomic mass is 9.78. The summed E-state index contributed by atoms with van der Waals surface area (Å²) in [6.45, 7) is -1.62. The maximum Gasteiger partial charge on any atom is 0.422 e. The fourth-order valence-corrected chi connectivity index (χ4v) is 3.19. The van der Waals surface area contributed by atoms with E-state index in [0.717, 1.165) is 10.9 Å². The maximum atomic E-state index is 12.4. The molecule has 1 fully saturated rings. The van der Waals surface area contributed by atoms with E-state index in [0.29, 0.717) is 24.9 Å². The molecule has 0 aromatic heterocycles. The minimum Gasteiger partial charge on any atom is -0.456 e. The number of benzene rings is 1. The molecule has 1 aliphatic rings. The first kappa shape index (κ1) is 18.8. The van der Waals surface area contributed by atoms with Crippen molar-refractivity contribution in [2.45, 2.75) is 31.9 Å². The van der Waals surface area contributed by atoms with Crippen LogP contribution in [0.5, 0.6) is 0 Å². The molecule has 2 rings (SSSR count). The minimum absolute atomic E-state index is 0.354. The quantitative estimate of drug-likeness (QED) is 0.756. The minimum atomic E-state index is -4.57. The molecule has 1 saturated carbocycles. The van der Waals surface area contributed by atoms with Gasteiger partial charge in [-0.05, 0) is 31.0 Å². The Balaban J connectivity index is 2.02. The van der Waals surface area contributed by atoms with Crippen LogP contribution in [-0.4, -0.2) is 24.7 Å². The largest absolute Gasteiger partial charge is 0.456 e. The highest BCUT2D eigenvalue weighted by atomic mass is 79.9. The third-order valence-electron chi connectivity index (χ3n) is 3.88. The molecule has 0 bridgehead atoms. The fourth-order valence-electron chi connectivity index (χ4n) is 2.79. The number of carbonyl (C=O) groups is 2. The van der Waals surface area contributed by atoms with Crippen molar-refractivity contribution in [1.29, 1.82) is 0 Å². The highest BCUT2D eigenvalue weighted by Gasteiger charge is 2.38. The van der Waals surface area contributed by atoms with Crippen molar-refractivity contribution < 1.29 is 27.5 Å². The average Bonchev–Trinajstić information content (AvgIpc) is 2.52. The zero-order chi connectivity index (χ0) is 17.7. The van der Waals surface area contributed by atoms with E-state index in [4.69, 9.17) is 0 Å². The lowest BCUT2D eigenvalue weighted by molar-refractivity contribution is -0.191. The van der Waals surface area contributed by atoms with Gasteiger partial charge in [0.25, 0.3) is 0 Å². The Morgan fingerprint density at radius 2 is 1.88 bits per heavy atom. The van der Waals surface area contributed by atoms with Crippen molar-refractivity contribution in [2.75, 3.05) is 11.9 Å². The molecule has 1 amide bonds. The third kappa shape index (κ3) is 5.51. The molecule has 1 aliphatic carbocycles. The molecule has 1 aromatic carbocycles. The van der Waals surface area contributed by atoms with E-state index < -0.39 is 30.6 Å². The van der Waals surface area contributed by atoms with Crippen LogP contribution in [0.2, 0.25) is 0 Å². The first-order valence-corrected chi connectivity index (χ1v) is 8.35. The van der Waals surface area contributed by atoms with Crippen LogP contribution < -0.4 is 5.32 Å². The molecule has 2 unspecified atom stereocenters. The van der Waals surface area contributed by atoms with E-state index in [9.17, 15) is 22.8 Å². The van der Waals surface area contributed by atoms with Crippen molar-refractivity contribution in [3.8, 4) is 0 Å². The highest BCUT2D eigenvalue weighted by Crippen LogP contribution is 2.32. The Bertz CT molecular complexity index is 606. The highest BCUT2D eigenvalue weighted by molar-refractivity contribution is 9.10. The van der Waals surface area contributed by atoms with Crippen LogP contribution in [0.1, 0.15) is 25.7 Å². The standard InChI is InChI=1S/C16H17BrF3NO3/c17-10-4-3-5-11(8-10)21-14(22)12-6-1-2-7-13(12)15(23)24-9-16(18,19)20/h3-5,8,12-13H,1-2,6-7,9H2,(H,21,22). The summed E-state index contributed by atoms with van der Waals surface area (Å²) < 4.78 is 41.7. The van der Waals surface area contributed by atoms with Gasteiger partial charge in [0, 0.05) is 10.2 Å². The van der Waals surface area contributed by atoms with Gasteiger partial charge in [-0.25, -0.2) is 0 Å². The first-order chi connectivity index (χ1) is 11.3. The Kier molecular flexibility index (Phi) is 6.26. The Morgan fingerprint density at radius 1 is 1.21 bits per heavy atom. The van der Waals surface area contributed by atoms with Gasteiger partial charge in [0.2, 0.25) is 5.91 Å². The summed E-state index contributed by atoms with van der Waals surface area (Å²) in [5, 5.41) is 2.71. The number of esters is 1. The molecule has 8 heteroatoms. The average molecular weight is 408 g/mol. The summed E-state index contributed by atoms with van der Waals surface area (Å²) >= 11 is 3.29. The zero-order valence-corrected chi connectivity index (χ0v) is 14.3. The monoisotopic (exact) mass is 407 g/mol. The van der Waals surface area contributed by atoms with E-state index in [1.165, 1.54) is 0 Å². The van der Waals surface area contributed by atoms with Crippen LogP contribution in [0.4, 0.5) is 18.9 Å². The normalized spacial score (nSPS) is 21.2. The lowest BCUT2D eigenvalue weighted by Crippen LogP contribution is -2.38. The van der Waals surface area contributed by atoms with Crippen molar-refractivity contribution >= 4 is 33.5 Å².